The van der Waals surface area contributed by atoms with Crippen molar-refractivity contribution >= 4 is 39.2 Å². The monoisotopic (exact) mass is 416 g/mol. The van der Waals surface area contributed by atoms with Crippen molar-refractivity contribution < 1.29 is 9.59 Å². The predicted molar refractivity (Wildman–Crippen MR) is 105 cm³/mol. The largest absolute Gasteiger partial charge is 0.369 e. The number of halogens is 1. The van der Waals surface area contributed by atoms with Crippen LogP contribution in [-0.4, -0.2) is 29.9 Å². The molecule has 26 heavy (non-hydrogen) atoms. The van der Waals surface area contributed by atoms with Crippen molar-refractivity contribution in [3.63, 3.8) is 0 Å². The van der Waals surface area contributed by atoms with Gasteiger partial charge in [-0.15, -0.1) is 0 Å². The number of hydrogen-bond donors (Lipinski definition) is 2. The number of nitrogens with two attached hydrogens (primary N) is 1. The molecule has 2 aromatic rings. The van der Waals surface area contributed by atoms with Crippen molar-refractivity contribution in [3.8, 4) is 0 Å². The van der Waals surface area contributed by atoms with Gasteiger partial charge in [-0.1, -0.05) is 28.1 Å². The third-order valence-electron chi connectivity index (χ3n) is 4.46. The summed E-state index contributed by atoms with van der Waals surface area (Å²) in [5, 5.41) is 2.86. The number of primary amides is 1. The summed E-state index contributed by atoms with van der Waals surface area (Å²) in [6.45, 7) is 1.45. The van der Waals surface area contributed by atoms with E-state index in [1.165, 1.54) is 0 Å². The second-order valence-electron chi connectivity index (χ2n) is 6.44. The molecule has 2 amide bonds. The molecule has 2 heterocycles. The first-order chi connectivity index (χ1) is 12.5. The van der Waals surface area contributed by atoms with Crippen molar-refractivity contribution in [1.29, 1.82) is 0 Å². The zero-order chi connectivity index (χ0) is 18.5. The molecule has 0 bridgehead atoms. The van der Waals surface area contributed by atoms with Crippen molar-refractivity contribution in [2.45, 2.75) is 19.3 Å². The summed E-state index contributed by atoms with van der Waals surface area (Å²) in [5.74, 6) is 0.317. The van der Waals surface area contributed by atoms with E-state index in [1.807, 2.05) is 36.4 Å². The number of amides is 2. The minimum atomic E-state index is -0.258. The highest BCUT2D eigenvalue weighted by Crippen LogP contribution is 2.22. The van der Waals surface area contributed by atoms with E-state index in [2.05, 4.69) is 31.1 Å². The van der Waals surface area contributed by atoms with E-state index in [9.17, 15) is 9.59 Å². The van der Waals surface area contributed by atoms with Crippen molar-refractivity contribution in [2.75, 3.05) is 23.3 Å². The second-order valence-corrected chi connectivity index (χ2v) is 7.36. The number of carbonyl (C=O) groups is 2. The maximum absolute atomic E-state index is 12.2. The third-order valence-corrected chi connectivity index (χ3v) is 4.99. The van der Waals surface area contributed by atoms with E-state index in [-0.39, 0.29) is 17.7 Å². The van der Waals surface area contributed by atoms with Gasteiger partial charge in [-0.05, 0) is 42.7 Å². The molecule has 7 heteroatoms. The highest BCUT2D eigenvalue weighted by molar-refractivity contribution is 9.10. The Morgan fingerprint density at radius 3 is 2.65 bits per heavy atom. The molecule has 3 N–H and O–H groups in total. The molecule has 0 radical (unpaired) electrons. The number of carbonyl (C=O) groups excluding carboxylic acids is 2. The Labute approximate surface area is 160 Å². The number of rotatable bonds is 5. The summed E-state index contributed by atoms with van der Waals surface area (Å²) in [7, 11) is 0. The number of piperidine rings is 1. The van der Waals surface area contributed by atoms with Gasteiger partial charge in [-0.25, -0.2) is 4.98 Å². The zero-order valence-electron chi connectivity index (χ0n) is 14.3. The quantitative estimate of drug-likeness (QED) is 0.783. The van der Waals surface area contributed by atoms with E-state index >= 15 is 0 Å². The van der Waals surface area contributed by atoms with Gasteiger partial charge in [0.25, 0.3) is 0 Å². The van der Waals surface area contributed by atoms with Crippen molar-refractivity contribution in [1.82, 2.24) is 4.98 Å². The molecule has 1 aliphatic rings. The van der Waals surface area contributed by atoms with E-state index in [1.54, 1.807) is 6.20 Å². The maximum Gasteiger partial charge on any atom is 0.228 e. The Balaban J connectivity index is 1.58. The Morgan fingerprint density at radius 2 is 2.00 bits per heavy atom. The first kappa shape index (κ1) is 18.4. The summed E-state index contributed by atoms with van der Waals surface area (Å²) in [6, 6.07) is 11.3. The lowest BCUT2D eigenvalue weighted by atomic mass is 9.97. The zero-order valence-corrected chi connectivity index (χ0v) is 15.9. The maximum atomic E-state index is 12.2. The Bertz CT molecular complexity index is 777. The van der Waals surface area contributed by atoms with Gasteiger partial charge in [0.1, 0.15) is 5.82 Å². The number of benzene rings is 1. The van der Waals surface area contributed by atoms with Crippen LogP contribution in [-0.2, 0) is 16.0 Å². The second kappa shape index (κ2) is 8.31. The van der Waals surface area contributed by atoms with Crippen molar-refractivity contribution in [2.24, 2.45) is 11.7 Å². The van der Waals surface area contributed by atoms with Gasteiger partial charge in [0.05, 0.1) is 24.2 Å². The summed E-state index contributed by atoms with van der Waals surface area (Å²) in [4.78, 5) is 30.0. The lowest BCUT2D eigenvalue weighted by Gasteiger charge is -2.32. The average Bonchev–Trinajstić information content (AvgIpc) is 2.64. The van der Waals surface area contributed by atoms with Gasteiger partial charge in [0, 0.05) is 17.6 Å². The number of aromatic nitrogens is 1. The Hall–Kier alpha value is -2.41. The first-order valence-corrected chi connectivity index (χ1v) is 9.35. The molecular weight excluding hydrogens is 396 g/mol. The lowest BCUT2D eigenvalue weighted by molar-refractivity contribution is -0.122. The van der Waals surface area contributed by atoms with Crippen LogP contribution in [0.3, 0.4) is 0 Å². The molecule has 1 saturated heterocycles. The number of pyridine rings is 1. The molecular formula is C19H21BrN4O2. The highest BCUT2D eigenvalue weighted by atomic mass is 79.9. The molecule has 136 valence electrons. The molecule has 1 aliphatic heterocycles. The van der Waals surface area contributed by atoms with Gasteiger partial charge >= 0.3 is 0 Å². The van der Waals surface area contributed by atoms with E-state index in [0.29, 0.717) is 18.7 Å². The minimum Gasteiger partial charge on any atom is -0.369 e. The smallest absolute Gasteiger partial charge is 0.228 e. The van der Waals surface area contributed by atoms with Gasteiger partial charge in [0.2, 0.25) is 11.8 Å². The minimum absolute atomic E-state index is 0.0892. The van der Waals surface area contributed by atoms with Crippen LogP contribution in [0.4, 0.5) is 11.5 Å². The molecule has 1 unspecified atom stereocenters. The summed E-state index contributed by atoms with van der Waals surface area (Å²) < 4.78 is 0.984. The van der Waals surface area contributed by atoms with Crippen LogP contribution in [0, 0.1) is 5.92 Å². The molecule has 0 aliphatic carbocycles. The fourth-order valence-electron chi connectivity index (χ4n) is 3.06. The molecule has 1 aromatic heterocycles. The predicted octanol–water partition coefficient (Wildman–Crippen LogP) is 2.73. The van der Waals surface area contributed by atoms with E-state index in [4.69, 9.17) is 5.73 Å². The molecule has 1 atom stereocenters. The molecule has 1 aromatic carbocycles. The first-order valence-electron chi connectivity index (χ1n) is 8.56. The van der Waals surface area contributed by atoms with Crippen LogP contribution in [0.1, 0.15) is 18.4 Å². The molecule has 3 rings (SSSR count). The summed E-state index contributed by atoms with van der Waals surface area (Å²) in [6.07, 6.45) is 3.70. The van der Waals surface area contributed by atoms with Gasteiger partial charge in [0.15, 0.2) is 0 Å². The van der Waals surface area contributed by atoms with Crippen LogP contribution in [0.5, 0.6) is 0 Å². The standard InChI is InChI=1S/C19H21BrN4O2/c20-15-5-3-13(4-6-15)10-18(25)23-16-7-8-17(22-11-16)24-9-1-2-14(12-24)19(21)26/h3-8,11,14H,1-2,9-10,12H2,(H2,21,26)(H,23,25). The van der Waals surface area contributed by atoms with Crippen LogP contribution in [0.2, 0.25) is 0 Å². The normalized spacial score (nSPS) is 17.0. The third kappa shape index (κ3) is 4.82. The molecule has 6 nitrogen and oxygen atoms in total. The Kier molecular flexibility index (Phi) is 5.88. The van der Waals surface area contributed by atoms with Gasteiger partial charge in [-0.3, -0.25) is 9.59 Å². The number of hydrogen-bond acceptors (Lipinski definition) is 4. The van der Waals surface area contributed by atoms with Crippen LogP contribution < -0.4 is 16.0 Å². The number of nitrogens with zero attached hydrogens (tertiary/aromatic N) is 2. The van der Waals surface area contributed by atoms with Crippen molar-refractivity contribution in [3.05, 3.63) is 52.6 Å². The van der Waals surface area contributed by atoms with E-state index in [0.717, 1.165) is 35.2 Å². The van der Waals surface area contributed by atoms with Crippen LogP contribution >= 0.6 is 15.9 Å². The summed E-state index contributed by atoms with van der Waals surface area (Å²) >= 11 is 3.38. The SMILES string of the molecule is NC(=O)C1CCCN(c2ccc(NC(=O)Cc3ccc(Br)cc3)cn2)C1. The number of anilines is 2. The molecule has 0 saturated carbocycles. The van der Waals surface area contributed by atoms with Gasteiger partial charge < -0.3 is 16.0 Å². The fraction of sp³-hybridized carbons (Fsp3) is 0.316. The molecule has 0 spiro atoms. The Morgan fingerprint density at radius 1 is 1.23 bits per heavy atom. The lowest BCUT2D eigenvalue weighted by Crippen LogP contribution is -2.41. The van der Waals surface area contributed by atoms with E-state index < -0.39 is 0 Å². The van der Waals surface area contributed by atoms with Crippen LogP contribution in [0.25, 0.3) is 0 Å². The number of nitrogens with one attached hydrogen (secondary N) is 1. The summed E-state index contributed by atoms with van der Waals surface area (Å²) in [5.41, 5.74) is 7.02. The topological polar surface area (TPSA) is 88.3 Å². The average molecular weight is 417 g/mol. The van der Waals surface area contributed by atoms with Crippen LogP contribution in [0.15, 0.2) is 47.1 Å². The fourth-order valence-corrected chi connectivity index (χ4v) is 3.32. The molecule has 1 fully saturated rings. The highest BCUT2D eigenvalue weighted by Gasteiger charge is 2.24. The van der Waals surface area contributed by atoms with Gasteiger partial charge in [-0.2, -0.15) is 0 Å².